The lowest BCUT2D eigenvalue weighted by molar-refractivity contribution is 0.195. The Bertz CT molecular complexity index is 1040. The van der Waals surface area contributed by atoms with Gasteiger partial charge < -0.3 is 15.4 Å². The topological polar surface area (TPSA) is 59.1 Å². The fourth-order valence-electron chi connectivity index (χ4n) is 3.64. The van der Waals surface area contributed by atoms with Crippen LogP contribution < -0.4 is 10.6 Å². The Morgan fingerprint density at radius 3 is 2.83 bits per heavy atom. The molecule has 7 heteroatoms. The molecule has 1 aromatic heterocycles. The van der Waals surface area contributed by atoms with Crippen LogP contribution in [0.25, 0.3) is 10.9 Å². The summed E-state index contributed by atoms with van der Waals surface area (Å²) in [6, 6.07) is 7.75. The highest BCUT2D eigenvalue weighted by molar-refractivity contribution is 6.31. The minimum Gasteiger partial charge on any atom is -0.385 e. The number of hydrogen-bond acceptors (Lipinski definition) is 5. The third-order valence-electron chi connectivity index (χ3n) is 5.44. The molecule has 0 unspecified atom stereocenters. The standard InChI is InChI=1S/C22H24ClFN4O/c1-13-5-6-18(21(24)20(13)23)28-22-17-9-16(15-10-25-11-15)14(4-3-7-29-2)8-19(17)26-12-27-22/h5-6,8-9,12,15,25H,3-4,7,10-11H2,1-2H3,(H,26,27,28). The van der Waals surface area contributed by atoms with Gasteiger partial charge in [0, 0.05) is 38.1 Å². The molecule has 3 aromatic rings. The maximum atomic E-state index is 14.6. The lowest BCUT2D eigenvalue weighted by Crippen LogP contribution is -2.40. The van der Waals surface area contributed by atoms with Crippen LogP contribution in [-0.2, 0) is 11.2 Å². The second-order valence-corrected chi connectivity index (χ2v) is 7.80. The minimum absolute atomic E-state index is 0.120. The molecular formula is C22H24ClFN4O. The van der Waals surface area contributed by atoms with Gasteiger partial charge in [0.1, 0.15) is 12.1 Å². The zero-order chi connectivity index (χ0) is 20.4. The Labute approximate surface area is 174 Å². The van der Waals surface area contributed by atoms with Gasteiger partial charge in [-0.05, 0) is 54.7 Å². The number of halogens is 2. The number of anilines is 2. The smallest absolute Gasteiger partial charge is 0.165 e. The first-order chi connectivity index (χ1) is 14.1. The first kappa shape index (κ1) is 20.0. The van der Waals surface area contributed by atoms with Crippen molar-refractivity contribution in [1.82, 2.24) is 15.3 Å². The summed E-state index contributed by atoms with van der Waals surface area (Å²) in [7, 11) is 1.72. The van der Waals surface area contributed by atoms with E-state index in [1.807, 2.05) is 0 Å². The van der Waals surface area contributed by atoms with E-state index in [0.29, 0.717) is 23.0 Å². The number of hydrogen-bond donors (Lipinski definition) is 2. The van der Waals surface area contributed by atoms with E-state index in [-0.39, 0.29) is 5.02 Å². The SMILES string of the molecule is COCCCc1cc2ncnc(Nc3ccc(C)c(Cl)c3F)c2cc1C1CNC1. The zero-order valence-corrected chi connectivity index (χ0v) is 17.3. The average molecular weight is 415 g/mol. The van der Waals surface area contributed by atoms with Crippen LogP contribution in [0.3, 0.4) is 0 Å². The largest absolute Gasteiger partial charge is 0.385 e. The monoisotopic (exact) mass is 414 g/mol. The Kier molecular flexibility index (Phi) is 5.94. The number of nitrogens with zero attached hydrogens (tertiary/aromatic N) is 2. The van der Waals surface area contributed by atoms with E-state index in [4.69, 9.17) is 16.3 Å². The summed E-state index contributed by atoms with van der Waals surface area (Å²) in [5.41, 5.74) is 4.42. The van der Waals surface area contributed by atoms with Gasteiger partial charge in [-0.2, -0.15) is 0 Å². The summed E-state index contributed by atoms with van der Waals surface area (Å²) < 4.78 is 19.8. The molecule has 1 aliphatic rings. The summed E-state index contributed by atoms with van der Waals surface area (Å²) in [5.74, 6) is 0.569. The van der Waals surface area contributed by atoms with Crippen LogP contribution in [0.1, 0.15) is 29.0 Å². The van der Waals surface area contributed by atoms with Crippen molar-refractivity contribution in [2.45, 2.75) is 25.7 Å². The Hall–Kier alpha value is -2.28. The molecule has 2 aromatic carbocycles. The fourth-order valence-corrected chi connectivity index (χ4v) is 3.81. The summed E-state index contributed by atoms with van der Waals surface area (Å²) in [6.45, 7) is 4.42. The quantitative estimate of drug-likeness (QED) is 0.547. The molecule has 29 heavy (non-hydrogen) atoms. The second kappa shape index (κ2) is 8.61. The molecule has 1 saturated heterocycles. The molecule has 2 N–H and O–H groups in total. The highest BCUT2D eigenvalue weighted by atomic mass is 35.5. The predicted molar refractivity (Wildman–Crippen MR) is 115 cm³/mol. The Morgan fingerprint density at radius 1 is 1.28 bits per heavy atom. The van der Waals surface area contributed by atoms with Gasteiger partial charge in [0.15, 0.2) is 5.82 Å². The van der Waals surface area contributed by atoms with Crippen LogP contribution in [0.2, 0.25) is 5.02 Å². The second-order valence-electron chi connectivity index (χ2n) is 7.42. The number of aromatic nitrogens is 2. The zero-order valence-electron chi connectivity index (χ0n) is 16.6. The van der Waals surface area contributed by atoms with Gasteiger partial charge in [0.05, 0.1) is 16.2 Å². The summed E-state index contributed by atoms with van der Waals surface area (Å²) >= 11 is 6.08. The van der Waals surface area contributed by atoms with Crippen molar-refractivity contribution < 1.29 is 9.13 Å². The number of benzene rings is 2. The van der Waals surface area contributed by atoms with E-state index in [1.165, 1.54) is 17.5 Å². The number of methoxy groups -OCH3 is 1. The van der Waals surface area contributed by atoms with Crippen molar-refractivity contribution >= 4 is 34.0 Å². The molecule has 5 nitrogen and oxygen atoms in total. The normalized spacial score (nSPS) is 14.2. The number of fused-ring (bicyclic) bond motifs is 1. The number of rotatable bonds is 7. The van der Waals surface area contributed by atoms with Gasteiger partial charge in [-0.1, -0.05) is 17.7 Å². The van der Waals surface area contributed by atoms with Gasteiger partial charge in [0.2, 0.25) is 0 Å². The molecule has 0 atom stereocenters. The van der Waals surface area contributed by atoms with Crippen molar-refractivity contribution in [3.05, 3.63) is 58.1 Å². The van der Waals surface area contributed by atoms with Crippen LogP contribution >= 0.6 is 11.6 Å². The molecule has 1 aliphatic heterocycles. The Balaban J connectivity index is 1.74. The third-order valence-corrected chi connectivity index (χ3v) is 5.90. The van der Waals surface area contributed by atoms with Gasteiger partial charge in [-0.25, -0.2) is 14.4 Å². The molecule has 0 saturated carbocycles. The van der Waals surface area contributed by atoms with Crippen LogP contribution in [-0.4, -0.2) is 36.8 Å². The first-order valence-electron chi connectivity index (χ1n) is 9.77. The van der Waals surface area contributed by atoms with E-state index in [9.17, 15) is 4.39 Å². The van der Waals surface area contributed by atoms with Gasteiger partial charge >= 0.3 is 0 Å². The summed E-state index contributed by atoms with van der Waals surface area (Å²) in [6.07, 6.45) is 3.39. The van der Waals surface area contributed by atoms with Gasteiger partial charge in [0.25, 0.3) is 0 Å². The van der Waals surface area contributed by atoms with Crippen molar-refractivity contribution in [3.8, 4) is 0 Å². The van der Waals surface area contributed by atoms with Gasteiger partial charge in [-0.15, -0.1) is 0 Å². The third kappa shape index (κ3) is 4.06. The van der Waals surface area contributed by atoms with Crippen molar-refractivity contribution in [1.29, 1.82) is 0 Å². The molecule has 0 bridgehead atoms. The minimum atomic E-state index is -0.474. The fraction of sp³-hybridized carbons (Fsp3) is 0.364. The molecule has 152 valence electrons. The highest BCUT2D eigenvalue weighted by Crippen LogP contribution is 2.33. The van der Waals surface area contributed by atoms with E-state index in [2.05, 4.69) is 32.7 Å². The van der Waals surface area contributed by atoms with E-state index >= 15 is 0 Å². The van der Waals surface area contributed by atoms with E-state index < -0.39 is 5.82 Å². The summed E-state index contributed by atoms with van der Waals surface area (Å²) in [4.78, 5) is 8.83. The average Bonchev–Trinajstić information content (AvgIpc) is 2.68. The molecular weight excluding hydrogens is 391 g/mol. The summed E-state index contributed by atoms with van der Waals surface area (Å²) in [5, 5.41) is 7.45. The molecule has 0 amide bonds. The molecule has 4 rings (SSSR count). The molecule has 2 heterocycles. The Morgan fingerprint density at radius 2 is 2.10 bits per heavy atom. The predicted octanol–water partition coefficient (Wildman–Crippen LogP) is 4.74. The van der Waals surface area contributed by atoms with Gasteiger partial charge in [-0.3, -0.25) is 0 Å². The maximum Gasteiger partial charge on any atom is 0.165 e. The maximum absolute atomic E-state index is 14.6. The van der Waals surface area contributed by atoms with Crippen LogP contribution in [0.15, 0.2) is 30.6 Å². The van der Waals surface area contributed by atoms with Crippen LogP contribution in [0, 0.1) is 12.7 Å². The van der Waals surface area contributed by atoms with Crippen molar-refractivity contribution in [2.24, 2.45) is 0 Å². The lowest BCUT2D eigenvalue weighted by atomic mass is 9.87. The van der Waals surface area contributed by atoms with Crippen LogP contribution in [0.4, 0.5) is 15.9 Å². The van der Waals surface area contributed by atoms with Crippen LogP contribution in [0.5, 0.6) is 0 Å². The first-order valence-corrected chi connectivity index (χ1v) is 10.1. The highest BCUT2D eigenvalue weighted by Gasteiger charge is 2.23. The molecule has 0 spiro atoms. The van der Waals surface area contributed by atoms with Crippen molar-refractivity contribution in [2.75, 3.05) is 32.1 Å². The number of ether oxygens (including phenoxy) is 1. The number of aryl methyl sites for hydroxylation is 2. The van der Waals surface area contributed by atoms with Crippen molar-refractivity contribution in [3.63, 3.8) is 0 Å². The van der Waals surface area contributed by atoms with E-state index in [1.54, 1.807) is 26.2 Å². The molecule has 0 aliphatic carbocycles. The lowest BCUT2D eigenvalue weighted by Gasteiger charge is -2.30. The molecule has 1 fully saturated rings. The van der Waals surface area contributed by atoms with E-state index in [0.717, 1.165) is 43.4 Å². The number of nitrogens with one attached hydrogen (secondary N) is 2. The molecule has 0 radical (unpaired) electrons.